The van der Waals surface area contributed by atoms with E-state index in [9.17, 15) is 79.8 Å². The molecule has 18 N–H and O–H groups in total. The Kier molecular flexibility index (Phi) is 37.2. The number of aliphatic hydroxyl groups is 10. The van der Waals surface area contributed by atoms with Crippen molar-refractivity contribution in [3.63, 3.8) is 0 Å². The minimum atomic E-state index is -1.29. The molecule has 8 aliphatic rings. The molecule has 0 aliphatic carbocycles. The zero-order valence-electron chi connectivity index (χ0n) is 70.3. The van der Waals surface area contributed by atoms with E-state index in [2.05, 4.69) is 160 Å². The first kappa shape index (κ1) is 101. The Labute approximate surface area is 693 Å². The van der Waals surface area contributed by atoms with Gasteiger partial charge in [-0.15, -0.1) is 65.9 Å². The molecule has 117 heavy (non-hydrogen) atoms. The number of hydrogen-bond donors (Lipinski definition) is 18. The number of carbonyl (C=O) groups is 2. The Balaban J connectivity index is 0.000000228. The maximum Gasteiger partial charge on any atom is 0.329 e. The van der Waals surface area contributed by atoms with Gasteiger partial charge in [-0.25, -0.2) is 19.2 Å². The third-order valence-corrected chi connectivity index (χ3v) is 28.2. The van der Waals surface area contributed by atoms with Crippen LogP contribution in [0.5, 0.6) is 0 Å². The standard InChI is InChI=1S/2C17H30N3O5P.C15H25N2O4P.C15H25N2O3PS.C14H23N2O4P/c2*1-5-7-18-10-20-9-11(16(23)19-17(20)24)15-14(22)13(21)12(25-15)6-8-26(2,3)4;1-9-10(8-17(2)15(20)16-9)14-13(19)12(18)11(21-14)6-7-22(3,4)5;1-9-10(8-17(2)15(22)16-9)14-13(19)12(18)11(20-14)6-7-21(3,4)5;1-8-9(7-15-14(19)16-8)13-12(18)11(17)10(20-13)5-6-21(2,3)4/h2*9,12-15,18,21-22H,2,5-8,10H2,1,3-4H3,(H,19,23,24);8,11-14,18-19H,1,3,6-7H2,2,4-5H3,(H,16,20);8,11-14,18-19H,1,3,6-7H2,2,4-5H3,(H,16,22);7,10-13,17-18H,1-2,5-6H2,3-4H3,(H2,15,16,19)/t2*12-,13-,14-,15?;2*11-,12-,13-,14?;10-,11-,12-,13?/m11111/s1. The van der Waals surface area contributed by atoms with Crippen molar-refractivity contribution in [3.05, 3.63) is 137 Å². The van der Waals surface area contributed by atoms with Gasteiger partial charge in [0.2, 0.25) is 0 Å². The average Bonchev–Trinajstić information content (AvgIpc) is 1.51. The summed E-state index contributed by atoms with van der Waals surface area (Å²) in [6.07, 6.45) is 20.8. The van der Waals surface area contributed by atoms with Crippen LogP contribution >= 0.6 is 46.6 Å². The number of urea groups is 2. The van der Waals surface area contributed by atoms with Gasteiger partial charge in [-0.05, 0) is 168 Å². The van der Waals surface area contributed by atoms with Crippen molar-refractivity contribution in [2.24, 2.45) is 0 Å². The number of aliphatic hydroxyl groups excluding tert-OH is 10. The zero-order chi connectivity index (χ0) is 88.1. The Morgan fingerprint density at radius 2 is 0.701 bits per heavy atom. The van der Waals surface area contributed by atoms with Crippen LogP contribution in [0.4, 0.5) is 9.59 Å². The number of H-pyrrole nitrogens is 2. The monoisotopic (exact) mass is 1760 g/mol. The van der Waals surface area contributed by atoms with Gasteiger partial charge in [-0.2, -0.15) is 0 Å². The highest BCUT2D eigenvalue weighted by atomic mass is 32.1. The second-order valence-corrected chi connectivity index (χ2v) is 56.4. The molecular weight excluding hydrogens is 1630 g/mol. The van der Waals surface area contributed by atoms with Gasteiger partial charge in [0.05, 0.1) is 55.0 Å². The highest BCUT2D eigenvalue weighted by molar-refractivity contribution is 7.80. The number of nitrogens with one attached hydrogen (secondary N) is 8. The molecule has 0 bridgehead atoms. The lowest BCUT2D eigenvalue weighted by atomic mass is 9.99. The van der Waals surface area contributed by atoms with E-state index in [-0.39, 0.29) is 42.6 Å². The van der Waals surface area contributed by atoms with Crippen molar-refractivity contribution in [2.75, 3.05) is 125 Å². The Morgan fingerprint density at radius 1 is 0.419 bits per heavy atom. The number of hydrogen-bond acceptors (Lipinski definition) is 24. The van der Waals surface area contributed by atoms with E-state index in [1.165, 1.54) is 32.6 Å². The first-order valence-electron chi connectivity index (χ1n) is 39.1. The summed E-state index contributed by atoms with van der Waals surface area (Å²) in [4.78, 5) is 78.6. The lowest BCUT2D eigenvalue weighted by Gasteiger charge is -2.30. The molecule has 0 saturated carbocycles. The van der Waals surface area contributed by atoms with Gasteiger partial charge in [-0.3, -0.25) is 39.3 Å². The molecule has 0 spiro atoms. The normalized spacial score (nSPS) is 30.1. The SMILES string of the molecule is C=C1NC(=O)N(C)C=C1C1O[C@H](CCP(=C)(C)C)[C@@H](O)[C@H]1O.C=C1NC(=O)NC=C1C1O[C@H](CCP(=C)(C)C)[C@@H](O)[C@H]1O.C=C1NC(=S)N(C)C=C1C1O[C@H](CCP(=C)(C)C)[C@@H](O)[C@H]1O.C=P(C)(C)CC[C@H]1OC(c2cn(CNCCC)c(=O)[nH]c2=O)[C@H](O)[C@@H]1O.C=P(C)(C)CC[C@H]1OC(c2cn(CNCCC)c(=O)[nH]c2=O)[C@H](O)[C@@H]1O. The van der Waals surface area contributed by atoms with Gasteiger partial charge in [0.1, 0.15) is 91.6 Å². The maximum atomic E-state index is 12.2. The first-order valence-corrected chi connectivity index (χ1v) is 54.7. The summed E-state index contributed by atoms with van der Waals surface area (Å²) in [5.41, 5.74) is 1.22. The minimum absolute atomic E-state index is 0.139. The van der Waals surface area contributed by atoms with E-state index in [1.54, 1.807) is 24.3 Å². The fraction of sp³-hybridized carbons (Fsp3) is 0.641. The number of nitrogens with zero attached hydrogens (tertiary/aromatic N) is 4. The Morgan fingerprint density at radius 3 is 1.01 bits per heavy atom. The quantitative estimate of drug-likeness (QED) is 0.0323. The summed E-state index contributed by atoms with van der Waals surface area (Å²) in [6.45, 7) is 32.4. The van der Waals surface area contributed by atoms with E-state index in [1.807, 2.05) is 20.9 Å². The highest BCUT2D eigenvalue weighted by Crippen LogP contribution is 2.45. The second-order valence-electron chi connectivity index (χ2n) is 34.4. The van der Waals surface area contributed by atoms with Crippen LogP contribution in [0.25, 0.3) is 0 Å². The van der Waals surface area contributed by atoms with Crippen molar-refractivity contribution in [3.8, 4) is 0 Å². The van der Waals surface area contributed by atoms with Crippen LogP contribution in [-0.4, -0.2) is 363 Å². The van der Waals surface area contributed by atoms with Gasteiger partial charge in [0.25, 0.3) is 11.1 Å². The van der Waals surface area contributed by atoms with Gasteiger partial charge in [-0.1, -0.05) is 33.6 Å². The summed E-state index contributed by atoms with van der Waals surface area (Å²) in [7, 11) is 3.42. The van der Waals surface area contributed by atoms with E-state index < -0.39 is 173 Å². The summed E-state index contributed by atoms with van der Waals surface area (Å²) in [6, 6.07) is -0.668. The molecule has 10 rings (SSSR count). The van der Waals surface area contributed by atoms with Crippen LogP contribution in [0, 0.1) is 0 Å². The van der Waals surface area contributed by atoms with Gasteiger partial charge >= 0.3 is 23.4 Å². The topological polar surface area (TPSA) is 471 Å². The number of amides is 4. The molecule has 0 aromatic carbocycles. The van der Waals surface area contributed by atoms with E-state index >= 15 is 0 Å². The summed E-state index contributed by atoms with van der Waals surface area (Å²) >= 11 is 5.14. The molecule has 8 aliphatic heterocycles. The number of ether oxygens (including phenoxy) is 5. The van der Waals surface area contributed by atoms with Crippen molar-refractivity contribution in [1.29, 1.82) is 0 Å². The fourth-order valence-corrected chi connectivity index (χ4v) is 18.5. The van der Waals surface area contributed by atoms with Crippen LogP contribution in [0.3, 0.4) is 0 Å². The molecule has 5 unspecified atom stereocenters. The molecular formula is C78H133N12O21P5S. The molecule has 20 atom stereocenters. The predicted molar refractivity (Wildman–Crippen MR) is 481 cm³/mol. The maximum absolute atomic E-state index is 12.2. The first-order chi connectivity index (χ1) is 54.2. The summed E-state index contributed by atoms with van der Waals surface area (Å²) in [5, 5.41) is 120. The average molecular weight is 1760 g/mol. The van der Waals surface area contributed by atoms with Crippen LogP contribution in [-0.2, 0) is 37.0 Å². The van der Waals surface area contributed by atoms with E-state index in [0.717, 1.165) is 56.7 Å². The Hall–Kier alpha value is -5.15. The lowest BCUT2D eigenvalue weighted by molar-refractivity contribution is 0.00491. The van der Waals surface area contributed by atoms with Crippen LogP contribution in [0.15, 0.2) is 104 Å². The van der Waals surface area contributed by atoms with Crippen molar-refractivity contribution < 1.29 is 84.3 Å². The summed E-state index contributed by atoms with van der Waals surface area (Å²) < 4.78 is 31.8. The van der Waals surface area contributed by atoms with E-state index in [4.69, 9.17) is 35.9 Å². The van der Waals surface area contributed by atoms with Crippen LogP contribution in [0.2, 0.25) is 0 Å². The molecule has 33 nitrogen and oxygen atoms in total. The van der Waals surface area contributed by atoms with Crippen molar-refractivity contribution in [1.82, 2.24) is 60.8 Å². The number of carbonyl (C=O) groups excluding carboxylic acids is 2. The highest BCUT2D eigenvalue weighted by Gasteiger charge is 2.50. The molecule has 0 radical (unpaired) electrons. The largest absolute Gasteiger partial charge is 0.388 e. The summed E-state index contributed by atoms with van der Waals surface area (Å²) in [5.74, 6) is 0. The van der Waals surface area contributed by atoms with Crippen LogP contribution in [0.1, 0.15) is 82.1 Å². The molecule has 5 fully saturated rings. The van der Waals surface area contributed by atoms with E-state index in [0.29, 0.717) is 71.0 Å². The molecule has 2 aromatic rings. The second kappa shape index (κ2) is 43.3. The third kappa shape index (κ3) is 29.3. The molecule has 662 valence electrons. The fourth-order valence-electron chi connectivity index (χ4n) is 13.5. The predicted octanol–water partition coefficient (Wildman–Crippen LogP) is 1.21. The lowest BCUT2D eigenvalue weighted by Crippen LogP contribution is -2.42. The Bertz CT molecular complexity index is 4210. The molecule has 2 aromatic heterocycles. The smallest absolute Gasteiger partial charge is 0.329 e. The van der Waals surface area contributed by atoms with Crippen LogP contribution < -0.4 is 54.4 Å². The van der Waals surface area contributed by atoms with Gasteiger partial charge in [0, 0.05) is 78.9 Å². The van der Waals surface area contributed by atoms with Crippen molar-refractivity contribution >= 4 is 95.3 Å². The van der Waals surface area contributed by atoms with Gasteiger partial charge in [0.15, 0.2) is 5.11 Å². The molecule has 5 saturated heterocycles. The molecule has 39 heteroatoms. The molecule has 10 heterocycles. The number of rotatable bonds is 28. The van der Waals surface area contributed by atoms with Crippen molar-refractivity contribution in [2.45, 2.75) is 194 Å². The van der Waals surface area contributed by atoms with Gasteiger partial charge < -0.3 is 106 Å². The third-order valence-electron chi connectivity index (χ3n) is 20.4. The number of thiocarbonyl (C=S) groups is 1. The number of aromatic nitrogens is 4. The number of aromatic amines is 2. The minimum Gasteiger partial charge on any atom is -0.388 e. The molecule has 4 amide bonds. The zero-order valence-corrected chi connectivity index (χ0v) is 75.6.